The standard InChI is InChI=1S/C19H26BrNSi/c1-13(2)22(14(3)4,15(5)6)10-9-16-12-21-19-8-7-17(20)11-18(16)19/h7-8,11-15,21H,1-6H3. The largest absolute Gasteiger partial charge is 0.360 e. The lowest BCUT2D eigenvalue weighted by atomic mass is 10.2. The van der Waals surface area contributed by atoms with Crippen LogP contribution in [0.15, 0.2) is 28.9 Å². The number of hydrogen-bond donors (Lipinski definition) is 1. The Hall–Kier alpha value is -0.983. The molecule has 0 amide bonds. The minimum atomic E-state index is -1.67. The van der Waals surface area contributed by atoms with Gasteiger partial charge in [-0.2, -0.15) is 0 Å². The minimum absolute atomic E-state index is 0.664. The van der Waals surface area contributed by atoms with Crippen molar-refractivity contribution in [3.05, 3.63) is 34.4 Å². The second kappa shape index (κ2) is 6.64. The number of aromatic nitrogens is 1. The van der Waals surface area contributed by atoms with E-state index in [9.17, 15) is 0 Å². The van der Waals surface area contributed by atoms with Crippen LogP contribution in [-0.2, 0) is 0 Å². The van der Waals surface area contributed by atoms with Gasteiger partial charge in [0.2, 0.25) is 0 Å². The molecule has 1 nitrogen and oxygen atoms in total. The Bertz CT molecular complexity index is 694. The summed E-state index contributed by atoms with van der Waals surface area (Å²) in [6.07, 6.45) is 2.05. The summed E-state index contributed by atoms with van der Waals surface area (Å²) in [6.45, 7) is 14.1. The van der Waals surface area contributed by atoms with E-state index in [1.807, 2.05) is 6.20 Å². The Balaban J connectivity index is 2.55. The second-order valence-corrected chi connectivity index (χ2v) is 13.5. The van der Waals surface area contributed by atoms with Crippen molar-refractivity contribution in [2.24, 2.45) is 0 Å². The van der Waals surface area contributed by atoms with Gasteiger partial charge in [0.1, 0.15) is 8.07 Å². The van der Waals surface area contributed by atoms with E-state index < -0.39 is 8.07 Å². The molecule has 2 aromatic rings. The summed E-state index contributed by atoms with van der Waals surface area (Å²) in [5.74, 6) is 3.54. The lowest BCUT2D eigenvalue weighted by Crippen LogP contribution is -2.43. The first-order valence-electron chi connectivity index (χ1n) is 8.08. The molecule has 2 rings (SSSR count). The SMILES string of the molecule is CC(C)[Si](C#Cc1c[nH]c2ccc(Br)cc12)(C(C)C)C(C)C. The molecule has 3 heteroatoms. The summed E-state index contributed by atoms with van der Waals surface area (Å²) in [5.41, 5.74) is 8.06. The molecule has 22 heavy (non-hydrogen) atoms. The third kappa shape index (κ3) is 3.05. The number of nitrogens with one attached hydrogen (secondary N) is 1. The van der Waals surface area contributed by atoms with Crippen LogP contribution in [-0.4, -0.2) is 13.1 Å². The molecule has 0 atom stereocenters. The van der Waals surface area contributed by atoms with Crippen molar-refractivity contribution in [2.75, 3.05) is 0 Å². The maximum atomic E-state index is 3.80. The number of halogens is 1. The van der Waals surface area contributed by atoms with Gasteiger partial charge < -0.3 is 4.98 Å². The van der Waals surface area contributed by atoms with Crippen molar-refractivity contribution >= 4 is 34.9 Å². The first kappa shape index (κ1) is 17.4. The lowest BCUT2D eigenvalue weighted by molar-refractivity contribution is 0.838. The van der Waals surface area contributed by atoms with Crippen molar-refractivity contribution in [1.29, 1.82) is 0 Å². The van der Waals surface area contributed by atoms with Crippen molar-refractivity contribution < 1.29 is 0 Å². The Morgan fingerprint density at radius 3 is 2.14 bits per heavy atom. The van der Waals surface area contributed by atoms with Gasteiger partial charge in [0.25, 0.3) is 0 Å². The molecule has 0 saturated heterocycles. The quantitative estimate of drug-likeness (QED) is 0.465. The van der Waals surface area contributed by atoms with E-state index in [4.69, 9.17) is 0 Å². The monoisotopic (exact) mass is 375 g/mol. The summed E-state index contributed by atoms with van der Waals surface area (Å²) < 4.78 is 1.10. The fourth-order valence-electron chi connectivity index (χ4n) is 3.80. The van der Waals surface area contributed by atoms with Gasteiger partial charge in [-0.1, -0.05) is 63.4 Å². The molecule has 0 spiro atoms. The number of H-pyrrole nitrogens is 1. The maximum absolute atomic E-state index is 3.80. The third-order valence-corrected chi connectivity index (χ3v) is 11.7. The van der Waals surface area contributed by atoms with Crippen molar-refractivity contribution in [1.82, 2.24) is 4.98 Å². The highest BCUT2D eigenvalue weighted by molar-refractivity contribution is 9.10. The summed E-state index contributed by atoms with van der Waals surface area (Å²) in [5, 5.41) is 1.21. The van der Waals surface area contributed by atoms with Crippen molar-refractivity contribution in [3.8, 4) is 11.5 Å². The molecular weight excluding hydrogens is 350 g/mol. The van der Waals surface area contributed by atoms with E-state index in [1.54, 1.807) is 0 Å². The van der Waals surface area contributed by atoms with E-state index in [0.29, 0.717) is 16.6 Å². The van der Waals surface area contributed by atoms with Crippen LogP contribution in [0.5, 0.6) is 0 Å². The molecule has 1 heterocycles. The van der Waals surface area contributed by atoms with E-state index >= 15 is 0 Å². The average molecular weight is 376 g/mol. The molecule has 0 saturated carbocycles. The molecule has 0 aliphatic carbocycles. The second-order valence-electron chi connectivity index (χ2n) is 7.04. The smallest absolute Gasteiger partial charge is 0.146 e. The molecule has 1 aromatic heterocycles. The average Bonchev–Trinajstić information content (AvgIpc) is 2.80. The zero-order chi connectivity index (χ0) is 16.5. The molecule has 1 aromatic carbocycles. The van der Waals surface area contributed by atoms with Gasteiger partial charge in [-0.15, -0.1) is 5.54 Å². The number of hydrogen-bond acceptors (Lipinski definition) is 0. The van der Waals surface area contributed by atoms with Crippen LogP contribution in [0.1, 0.15) is 47.1 Å². The normalized spacial score (nSPS) is 12.3. The van der Waals surface area contributed by atoms with Crippen LogP contribution in [0, 0.1) is 11.5 Å². The fourth-order valence-corrected chi connectivity index (χ4v) is 9.38. The highest BCUT2D eigenvalue weighted by atomic mass is 79.9. The molecule has 0 unspecified atom stereocenters. The topological polar surface area (TPSA) is 15.8 Å². The molecular formula is C19H26BrNSi. The Labute approximate surface area is 144 Å². The van der Waals surface area contributed by atoms with Gasteiger partial charge in [-0.25, -0.2) is 0 Å². The van der Waals surface area contributed by atoms with Gasteiger partial charge in [-0.3, -0.25) is 0 Å². The van der Waals surface area contributed by atoms with Crippen LogP contribution in [0.4, 0.5) is 0 Å². The van der Waals surface area contributed by atoms with E-state index in [0.717, 1.165) is 15.6 Å². The number of aromatic amines is 1. The van der Waals surface area contributed by atoms with Crippen LogP contribution < -0.4 is 0 Å². The molecule has 118 valence electrons. The van der Waals surface area contributed by atoms with Crippen LogP contribution in [0.3, 0.4) is 0 Å². The number of benzene rings is 1. The van der Waals surface area contributed by atoms with Gasteiger partial charge in [0, 0.05) is 27.1 Å². The molecule has 0 radical (unpaired) electrons. The summed E-state index contributed by atoms with van der Waals surface area (Å²) >= 11 is 3.56. The molecule has 0 aliphatic heterocycles. The summed E-state index contributed by atoms with van der Waals surface area (Å²) in [6, 6.07) is 6.31. The number of fused-ring (bicyclic) bond motifs is 1. The van der Waals surface area contributed by atoms with E-state index in [1.165, 1.54) is 5.39 Å². The zero-order valence-corrected chi connectivity index (χ0v) is 17.0. The summed E-state index contributed by atoms with van der Waals surface area (Å²) in [4.78, 5) is 3.33. The molecule has 0 fully saturated rings. The molecule has 0 bridgehead atoms. The highest BCUT2D eigenvalue weighted by Gasteiger charge is 2.41. The van der Waals surface area contributed by atoms with Crippen LogP contribution >= 0.6 is 15.9 Å². The van der Waals surface area contributed by atoms with Crippen LogP contribution in [0.2, 0.25) is 16.6 Å². The predicted molar refractivity (Wildman–Crippen MR) is 104 cm³/mol. The van der Waals surface area contributed by atoms with Gasteiger partial charge in [-0.05, 0) is 34.8 Å². The summed E-state index contributed by atoms with van der Waals surface area (Å²) in [7, 11) is -1.67. The first-order valence-corrected chi connectivity index (χ1v) is 11.1. The maximum Gasteiger partial charge on any atom is 0.146 e. The van der Waals surface area contributed by atoms with Crippen molar-refractivity contribution in [2.45, 2.75) is 58.2 Å². The van der Waals surface area contributed by atoms with Gasteiger partial charge >= 0.3 is 0 Å². The van der Waals surface area contributed by atoms with Gasteiger partial charge in [0.05, 0.1) is 0 Å². The lowest BCUT2D eigenvalue weighted by Gasteiger charge is -2.38. The predicted octanol–water partition coefficient (Wildman–Crippen LogP) is 6.50. The first-order chi connectivity index (χ1) is 10.3. The molecule has 0 aliphatic rings. The minimum Gasteiger partial charge on any atom is -0.360 e. The Morgan fingerprint density at radius 2 is 1.59 bits per heavy atom. The van der Waals surface area contributed by atoms with Crippen molar-refractivity contribution in [3.63, 3.8) is 0 Å². The van der Waals surface area contributed by atoms with Gasteiger partial charge in [0.15, 0.2) is 0 Å². The Morgan fingerprint density at radius 1 is 1.00 bits per heavy atom. The zero-order valence-electron chi connectivity index (χ0n) is 14.4. The Kier molecular flexibility index (Phi) is 5.24. The highest BCUT2D eigenvalue weighted by Crippen LogP contribution is 2.40. The van der Waals surface area contributed by atoms with E-state index in [2.05, 4.69) is 92.1 Å². The van der Waals surface area contributed by atoms with E-state index in [-0.39, 0.29) is 0 Å². The number of rotatable bonds is 3. The van der Waals surface area contributed by atoms with Crippen LogP contribution in [0.25, 0.3) is 10.9 Å². The fraction of sp³-hybridized carbons (Fsp3) is 0.474. The molecule has 1 N–H and O–H groups in total. The third-order valence-electron chi connectivity index (χ3n) is 4.92.